The summed E-state index contributed by atoms with van der Waals surface area (Å²) in [6.45, 7) is 4.71. The van der Waals surface area contributed by atoms with Crippen molar-refractivity contribution in [2.45, 2.75) is 26.4 Å². The first-order valence-corrected chi connectivity index (χ1v) is 6.79. The zero-order valence-electron chi connectivity index (χ0n) is 11.1. The molecule has 19 heavy (non-hydrogen) atoms. The van der Waals surface area contributed by atoms with Crippen molar-refractivity contribution in [3.8, 4) is 17.2 Å². The van der Waals surface area contributed by atoms with Crippen molar-refractivity contribution in [2.24, 2.45) is 0 Å². The highest BCUT2D eigenvalue weighted by atomic mass is 79.9. The van der Waals surface area contributed by atoms with Gasteiger partial charge >= 0.3 is 0 Å². The van der Waals surface area contributed by atoms with Crippen molar-refractivity contribution in [3.63, 3.8) is 0 Å². The molecular weight excluding hydrogens is 310 g/mol. The second-order valence-corrected chi connectivity index (χ2v) is 5.24. The number of ether oxygens (including phenoxy) is 1. The van der Waals surface area contributed by atoms with Gasteiger partial charge in [0.05, 0.1) is 18.1 Å². The molecule has 1 aromatic carbocycles. The van der Waals surface area contributed by atoms with Crippen molar-refractivity contribution >= 4 is 15.9 Å². The van der Waals surface area contributed by atoms with Crippen LogP contribution in [0.3, 0.4) is 0 Å². The molecule has 1 aromatic heterocycles. The van der Waals surface area contributed by atoms with Gasteiger partial charge in [0.2, 0.25) is 11.8 Å². The summed E-state index contributed by atoms with van der Waals surface area (Å²) < 4.78 is 11.6. The highest BCUT2D eigenvalue weighted by Gasteiger charge is 2.10. The number of hydrogen-bond acceptors (Lipinski definition) is 5. The van der Waals surface area contributed by atoms with Crippen LogP contribution in [0.1, 0.15) is 19.7 Å². The number of hydrogen-bond donors (Lipinski definition) is 1. The third-order valence-electron chi connectivity index (χ3n) is 2.53. The van der Waals surface area contributed by atoms with E-state index in [4.69, 9.17) is 9.15 Å². The SMILES string of the molecule is COc1ccc(-c2nnc(CNC(C)C)o2)cc1Br. The Morgan fingerprint density at radius 3 is 2.79 bits per heavy atom. The van der Waals surface area contributed by atoms with E-state index >= 15 is 0 Å². The fourth-order valence-electron chi connectivity index (χ4n) is 1.53. The number of methoxy groups -OCH3 is 1. The second kappa shape index (κ2) is 6.16. The molecule has 0 saturated heterocycles. The zero-order chi connectivity index (χ0) is 13.8. The Balaban J connectivity index is 2.16. The van der Waals surface area contributed by atoms with Gasteiger partial charge in [0.1, 0.15) is 5.75 Å². The zero-order valence-corrected chi connectivity index (χ0v) is 12.7. The Morgan fingerprint density at radius 1 is 1.37 bits per heavy atom. The summed E-state index contributed by atoms with van der Waals surface area (Å²) in [6.07, 6.45) is 0. The molecule has 102 valence electrons. The van der Waals surface area contributed by atoms with Crippen molar-refractivity contribution in [3.05, 3.63) is 28.6 Å². The largest absolute Gasteiger partial charge is 0.496 e. The van der Waals surface area contributed by atoms with Gasteiger partial charge in [0.25, 0.3) is 0 Å². The first kappa shape index (κ1) is 14.0. The van der Waals surface area contributed by atoms with E-state index in [-0.39, 0.29) is 0 Å². The van der Waals surface area contributed by atoms with Gasteiger partial charge in [-0.3, -0.25) is 0 Å². The lowest BCUT2D eigenvalue weighted by molar-refractivity contribution is 0.412. The molecule has 0 amide bonds. The Hall–Kier alpha value is -1.40. The predicted molar refractivity (Wildman–Crippen MR) is 76.0 cm³/mol. The van der Waals surface area contributed by atoms with E-state index in [0.717, 1.165) is 15.8 Å². The number of rotatable bonds is 5. The molecular formula is C13H16BrN3O2. The average molecular weight is 326 g/mol. The number of halogens is 1. The van der Waals surface area contributed by atoms with Gasteiger partial charge in [0, 0.05) is 11.6 Å². The Kier molecular flexibility index (Phi) is 4.55. The lowest BCUT2D eigenvalue weighted by Crippen LogP contribution is -2.21. The van der Waals surface area contributed by atoms with Crippen LogP contribution in [-0.4, -0.2) is 23.3 Å². The third-order valence-corrected chi connectivity index (χ3v) is 3.15. The monoisotopic (exact) mass is 325 g/mol. The minimum absolute atomic E-state index is 0.380. The van der Waals surface area contributed by atoms with E-state index in [0.29, 0.717) is 24.4 Å². The van der Waals surface area contributed by atoms with E-state index in [9.17, 15) is 0 Å². The van der Waals surface area contributed by atoms with E-state index in [1.165, 1.54) is 0 Å². The quantitative estimate of drug-likeness (QED) is 0.915. The normalized spacial score (nSPS) is 11.0. The molecule has 2 rings (SSSR count). The maximum absolute atomic E-state index is 5.60. The van der Waals surface area contributed by atoms with Gasteiger partial charge in [-0.05, 0) is 34.1 Å². The van der Waals surface area contributed by atoms with Gasteiger partial charge < -0.3 is 14.5 Å². The topological polar surface area (TPSA) is 60.2 Å². The maximum atomic E-state index is 5.60. The average Bonchev–Trinajstić information content (AvgIpc) is 2.85. The second-order valence-electron chi connectivity index (χ2n) is 4.39. The molecule has 0 atom stereocenters. The van der Waals surface area contributed by atoms with Crippen molar-refractivity contribution in [1.82, 2.24) is 15.5 Å². The number of aromatic nitrogens is 2. The fraction of sp³-hybridized carbons (Fsp3) is 0.385. The predicted octanol–water partition coefficient (Wildman–Crippen LogP) is 3.01. The van der Waals surface area contributed by atoms with E-state index in [1.807, 2.05) is 18.2 Å². The fourth-order valence-corrected chi connectivity index (χ4v) is 2.07. The Bertz CT molecular complexity index is 555. The van der Waals surface area contributed by atoms with Crippen LogP contribution in [0.5, 0.6) is 5.75 Å². The summed E-state index contributed by atoms with van der Waals surface area (Å²) in [5.41, 5.74) is 0.857. The summed E-state index contributed by atoms with van der Waals surface area (Å²) in [4.78, 5) is 0. The van der Waals surface area contributed by atoms with Crippen LogP contribution < -0.4 is 10.1 Å². The van der Waals surface area contributed by atoms with Gasteiger partial charge in [-0.1, -0.05) is 13.8 Å². The van der Waals surface area contributed by atoms with Crippen molar-refractivity contribution in [1.29, 1.82) is 0 Å². The first-order valence-electron chi connectivity index (χ1n) is 6.00. The van der Waals surface area contributed by atoms with Crippen molar-refractivity contribution < 1.29 is 9.15 Å². The van der Waals surface area contributed by atoms with Crippen LogP contribution in [0, 0.1) is 0 Å². The van der Waals surface area contributed by atoms with Crippen LogP contribution >= 0.6 is 15.9 Å². The third kappa shape index (κ3) is 3.54. The van der Waals surface area contributed by atoms with Crippen LogP contribution in [0.2, 0.25) is 0 Å². The van der Waals surface area contributed by atoms with Crippen molar-refractivity contribution in [2.75, 3.05) is 7.11 Å². The molecule has 1 N–H and O–H groups in total. The molecule has 0 unspecified atom stereocenters. The summed E-state index contributed by atoms with van der Waals surface area (Å²) in [7, 11) is 1.63. The summed E-state index contributed by atoms with van der Waals surface area (Å²) in [5, 5.41) is 11.3. The van der Waals surface area contributed by atoms with Crippen LogP contribution in [0.25, 0.3) is 11.5 Å². The van der Waals surface area contributed by atoms with Crippen LogP contribution in [0.15, 0.2) is 27.1 Å². The van der Waals surface area contributed by atoms with Crippen LogP contribution in [-0.2, 0) is 6.54 Å². The molecule has 0 aliphatic rings. The minimum Gasteiger partial charge on any atom is -0.496 e. The molecule has 0 aliphatic carbocycles. The lowest BCUT2D eigenvalue weighted by Gasteiger charge is -2.04. The molecule has 1 heterocycles. The van der Waals surface area contributed by atoms with E-state index in [2.05, 4.69) is 45.3 Å². The standard InChI is InChI=1S/C13H16BrN3O2/c1-8(2)15-7-12-16-17-13(19-12)9-4-5-11(18-3)10(14)6-9/h4-6,8,15H,7H2,1-3H3. The molecule has 0 bridgehead atoms. The number of benzene rings is 1. The molecule has 0 saturated carbocycles. The van der Waals surface area contributed by atoms with Gasteiger partial charge in [-0.2, -0.15) is 0 Å². The Morgan fingerprint density at radius 2 is 2.16 bits per heavy atom. The minimum atomic E-state index is 0.380. The maximum Gasteiger partial charge on any atom is 0.247 e. The molecule has 5 nitrogen and oxygen atoms in total. The smallest absolute Gasteiger partial charge is 0.247 e. The highest BCUT2D eigenvalue weighted by Crippen LogP contribution is 2.29. The van der Waals surface area contributed by atoms with Gasteiger partial charge in [0.15, 0.2) is 0 Å². The van der Waals surface area contributed by atoms with Gasteiger partial charge in [-0.25, -0.2) is 0 Å². The molecule has 2 aromatic rings. The summed E-state index contributed by atoms with van der Waals surface area (Å²) in [5.74, 6) is 1.85. The number of nitrogens with one attached hydrogen (secondary N) is 1. The molecule has 0 radical (unpaired) electrons. The Labute approximate surface area is 120 Å². The van der Waals surface area contributed by atoms with E-state index in [1.54, 1.807) is 7.11 Å². The molecule has 6 heteroatoms. The molecule has 0 spiro atoms. The number of nitrogens with zero attached hydrogens (tertiary/aromatic N) is 2. The molecule has 0 aliphatic heterocycles. The molecule has 0 fully saturated rings. The highest BCUT2D eigenvalue weighted by molar-refractivity contribution is 9.10. The first-order chi connectivity index (χ1) is 9.10. The van der Waals surface area contributed by atoms with Crippen LogP contribution in [0.4, 0.5) is 0 Å². The summed E-state index contributed by atoms with van der Waals surface area (Å²) >= 11 is 3.43. The summed E-state index contributed by atoms with van der Waals surface area (Å²) in [6, 6.07) is 6.02. The van der Waals surface area contributed by atoms with E-state index < -0.39 is 0 Å². The van der Waals surface area contributed by atoms with Gasteiger partial charge in [-0.15, -0.1) is 10.2 Å². The lowest BCUT2D eigenvalue weighted by atomic mass is 10.2.